The highest BCUT2D eigenvalue weighted by Gasteiger charge is 2.23. The van der Waals surface area contributed by atoms with Crippen molar-refractivity contribution in [3.05, 3.63) is 35.8 Å². The molecule has 1 aliphatic rings. The molecule has 0 aliphatic carbocycles. The number of hydrogen-bond acceptors (Lipinski definition) is 4. The minimum Gasteiger partial charge on any atom is -0.379 e. The number of ether oxygens (including phenoxy) is 1. The molecule has 0 radical (unpaired) electrons. The Balaban J connectivity index is 1.90. The van der Waals surface area contributed by atoms with Gasteiger partial charge in [0, 0.05) is 39.4 Å². The Morgan fingerprint density at radius 2 is 2.12 bits per heavy atom. The fraction of sp³-hybridized carbons (Fsp3) is 0.556. The van der Waals surface area contributed by atoms with Crippen molar-refractivity contribution in [2.75, 3.05) is 39.9 Å². The van der Waals surface area contributed by atoms with Gasteiger partial charge in [0.2, 0.25) is 0 Å². The Hall–Kier alpha value is -1.92. The summed E-state index contributed by atoms with van der Waals surface area (Å²) < 4.78 is 7.47. The number of rotatable bonds is 6. The molecule has 0 aromatic carbocycles. The van der Waals surface area contributed by atoms with E-state index in [1.165, 1.54) is 0 Å². The zero-order valence-corrected chi connectivity index (χ0v) is 14.6. The molecule has 0 spiro atoms. The summed E-state index contributed by atoms with van der Waals surface area (Å²) in [5, 5.41) is 0. The first-order chi connectivity index (χ1) is 11.7. The van der Waals surface area contributed by atoms with Crippen molar-refractivity contribution < 1.29 is 9.53 Å². The first kappa shape index (κ1) is 16.9. The Morgan fingerprint density at radius 3 is 2.88 bits per heavy atom. The van der Waals surface area contributed by atoms with E-state index >= 15 is 0 Å². The second-order valence-electron chi connectivity index (χ2n) is 6.30. The van der Waals surface area contributed by atoms with E-state index in [9.17, 15) is 4.79 Å². The molecule has 1 saturated heterocycles. The lowest BCUT2D eigenvalue weighted by Crippen LogP contribution is -2.37. The maximum Gasteiger partial charge on any atom is 0.274 e. The first-order valence-corrected chi connectivity index (χ1v) is 8.72. The normalized spacial score (nSPS) is 15.8. The number of hydrogen-bond donors (Lipinski definition) is 0. The highest BCUT2D eigenvalue weighted by atomic mass is 16.5. The molecule has 2 aromatic heterocycles. The van der Waals surface area contributed by atoms with Gasteiger partial charge in [-0.3, -0.25) is 9.69 Å². The molecule has 6 heteroatoms. The molecular formula is C18H26N4O2. The molecule has 1 fully saturated rings. The van der Waals surface area contributed by atoms with Gasteiger partial charge in [0.1, 0.15) is 5.65 Å². The number of nitrogens with zero attached hydrogens (tertiary/aromatic N) is 4. The predicted octanol–water partition coefficient (Wildman–Crippen LogP) is 2.04. The van der Waals surface area contributed by atoms with Crippen LogP contribution in [0, 0.1) is 0 Å². The third-order valence-electron chi connectivity index (χ3n) is 4.50. The molecule has 1 aliphatic heterocycles. The summed E-state index contributed by atoms with van der Waals surface area (Å²) in [5.41, 5.74) is 2.38. The van der Waals surface area contributed by atoms with Gasteiger partial charge in [-0.2, -0.15) is 0 Å². The predicted molar refractivity (Wildman–Crippen MR) is 93.2 cm³/mol. The highest BCUT2D eigenvalue weighted by molar-refractivity contribution is 5.94. The lowest BCUT2D eigenvalue weighted by Gasteiger charge is -2.26. The molecule has 0 unspecified atom stereocenters. The van der Waals surface area contributed by atoms with Gasteiger partial charge >= 0.3 is 0 Å². The first-order valence-electron chi connectivity index (χ1n) is 8.72. The van der Waals surface area contributed by atoms with Crippen molar-refractivity contribution in [2.45, 2.75) is 26.3 Å². The number of amides is 1. The van der Waals surface area contributed by atoms with Gasteiger partial charge in [-0.05, 0) is 18.6 Å². The van der Waals surface area contributed by atoms with Crippen LogP contribution in [-0.4, -0.2) is 65.0 Å². The fourth-order valence-electron chi connectivity index (χ4n) is 3.02. The number of morpholine rings is 1. The van der Waals surface area contributed by atoms with Gasteiger partial charge in [-0.25, -0.2) is 4.98 Å². The minimum atomic E-state index is 0.00964. The van der Waals surface area contributed by atoms with Crippen molar-refractivity contribution in [1.82, 2.24) is 19.2 Å². The number of fused-ring (bicyclic) bond motifs is 1. The number of carbonyl (C=O) groups excluding carboxylic acids is 1. The molecule has 2 aromatic rings. The van der Waals surface area contributed by atoms with E-state index in [0.29, 0.717) is 5.69 Å². The third kappa shape index (κ3) is 3.60. The third-order valence-corrected chi connectivity index (χ3v) is 4.50. The number of unbranched alkanes of at least 4 members (excludes halogenated alkanes) is 1. The molecule has 6 nitrogen and oxygen atoms in total. The Labute approximate surface area is 143 Å². The van der Waals surface area contributed by atoms with Gasteiger partial charge in [0.05, 0.1) is 18.9 Å². The van der Waals surface area contributed by atoms with E-state index in [2.05, 4.69) is 16.8 Å². The zero-order valence-electron chi connectivity index (χ0n) is 14.6. The molecule has 0 N–H and O–H groups in total. The average Bonchev–Trinajstić information content (AvgIpc) is 2.98. The Bertz CT molecular complexity index is 691. The van der Waals surface area contributed by atoms with Gasteiger partial charge in [-0.1, -0.05) is 19.4 Å². The summed E-state index contributed by atoms with van der Waals surface area (Å²) in [6.07, 6.45) is 4.07. The van der Waals surface area contributed by atoms with Crippen LogP contribution in [0.3, 0.4) is 0 Å². The van der Waals surface area contributed by atoms with Crippen LogP contribution in [0.5, 0.6) is 0 Å². The van der Waals surface area contributed by atoms with Crippen LogP contribution in [0.25, 0.3) is 5.65 Å². The van der Waals surface area contributed by atoms with E-state index in [4.69, 9.17) is 4.74 Å². The molecule has 3 rings (SSSR count). The lowest BCUT2D eigenvalue weighted by atomic mass is 10.2. The molecule has 1 amide bonds. The monoisotopic (exact) mass is 330 g/mol. The van der Waals surface area contributed by atoms with Crippen molar-refractivity contribution in [3.63, 3.8) is 0 Å². The Morgan fingerprint density at radius 1 is 1.33 bits per heavy atom. The van der Waals surface area contributed by atoms with Gasteiger partial charge in [0.15, 0.2) is 5.69 Å². The maximum atomic E-state index is 12.9. The largest absolute Gasteiger partial charge is 0.379 e. The molecule has 0 saturated carbocycles. The highest BCUT2D eigenvalue weighted by Crippen LogP contribution is 2.17. The van der Waals surface area contributed by atoms with E-state index in [-0.39, 0.29) is 5.91 Å². The van der Waals surface area contributed by atoms with Gasteiger partial charge in [0.25, 0.3) is 5.91 Å². The van der Waals surface area contributed by atoms with Crippen molar-refractivity contribution in [3.8, 4) is 0 Å². The van der Waals surface area contributed by atoms with Gasteiger partial charge < -0.3 is 14.0 Å². The Kier molecular flexibility index (Phi) is 5.48. The SMILES string of the molecule is CCCCN(C)C(=O)c1nc2ccccn2c1CN1CCOCC1. The van der Waals surface area contributed by atoms with Crippen LogP contribution in [-0.2, 0) is 11.3 Å². The molecule has 0 bridgehead atoms. The standard InChI is InChI=1S/C18H26N4O2/c1-3-4-8-20(2)18(23)17-15(14-21-10-12-24-13-11-21)22-9-6-5-7-16(22)19-17/h5-7,9H,3-4,8,10-14H2,1-2H3. The number of imidazole rings is 1. The maximum absolute atomic E-state index is 12.9. The zero-order chi connectivity index (χ0) is 16.9. The van der Waals surface area contributed by atoms with Crippen LogP contribution in [0.15, 0.2) is 24.4 Å². The summed E-state index contributed by atoms with van der Waals surface area (Å²) in [7, 11) is 1.86. The topological polar surface area (TPSA) is 50.1 Å². The van der Waals surface area contributed by atoms with Crippen LogP contribution in [0.1, 0.15) is 35.9 Å². The molecule has 0 atom stereocenters. The van der Waals surface area contributed by atoms with Crippen molar-refractivity contribution >= 4 is 11.6 Å². The van der Waals surface area contributed by atoms with E-state index in [1.54, 1.807) is 4.90 Å². The van der Waals surface area contributed by atoms with E-state index < -0.39 is 0 Å². The molecule has 3 heterocycles. The summed E-state index contributed by atoms with van der Waals surface area (Å²) in [4.78, 5) is 21.6. The van der Waals surface area contributed by atoms with Crippen molar-refractivity contribution in [1.29, 1.82) is 0 Å². The average molecular weight is 330 g/mol. The molecule has 24 heavy (non-hydrogen) atoms. The summed E-state index contributed by atoms with van der Waals surface area (Å²) in [5.74, 6) is 0.00964. The second kappa shape index (κ2) is 7.77. The van der Waals surface area contributed by atoms with Gasteiger partial charge in [-0.15, -0.1) is 0 Å². The number of aromatic nitrogens is 2. The minimum absolute atomic E-state index is 0.00964. The summed E-state index contributed by atoms with van der Waals surface area (Å²) >= 11 is 0. The fourth-order valence-corrected chi connectivity index (χ4v) is 3.02. The van der Waals surface area contributed by atoms with Crippen LogP contribution in [0.2, 0.25) is 0 Å². The second-order valence-corrected chi connectivity index (χ2v) is 6.30. The molecule has 130 valence electrons. The van der Waals surface area contributed by atoms with Crippen LogP contribution >= 0.6 is 0 Å². The smallest absolute Gasteiger partial charge is 0.274 e. The number of carbonyl (C=O) groups is 1. The summed E-state index contributed by atoms with van der Waals surface area (Å²) in [6, 6.07) is 5.88. The van der Waals surface area contributed by atoms with Crippen molar-refractivity contribution in [2.24, 2.45) is 0 Å². The van der Waals surface area contributed by atoms with E-state index in [1.807, 2.05) is 35.8 Å². The lowest BCUT2D eigenvalue weighted by molar-refractivity contribution is 0.0333. The molecular weight excluding hydrogens is 304 g/mol. The van der Waals surface area contributed by atoms with Crippen LogP contribution in [0.4, 0.5) is 0 Å². The quantitative estimate of drug-likeness (QED) is 0.813. The van der Waals surface area contributed by atoms with Crippen LogP contribution < -0.4 is 0 Å². The van der Waals surface area contributed by atoms with E-state index in [0.717, 1.165) is 63.6 Å². The summed E-state index contributed by atoms with van der Waals surface area (Å²) in [6.45, 7) is 6.89. The number of pyridine rings is 1.